The molecule has 0 saturated carbocycles. The van der Waals surface area contributed by atoms with Crippen LogP contribution in [0, 0.1) is 0 Å². The molecule has 1 aromatic rings. The van der Waals surface area contributed by atoms with Crippen LogP contribution < -0.4 is 11.1 Å². The number of nitrogen functional groups attached to an aromatic ring is 1. The standard InChI is InChI=1S/C10H11BrN2O3/c1-5(10(15)16)13-9(14)6-2-3-7(11)8(12)4-6/h2-5H,12H2,1H3,(H,13,14)(H,15,16)/t5-/m0/s1. The van der Waals surface area contributed by atoms with Gasteiger partial charge in [-0.25, -0.2) is 0 Å². The van der Waals surface area contributed by atoms with E-state index in [0.29, 0.717) is 15.7 Å². The summed E-state index contributed by atoms with van der Waals surface area (Å²) in [6.45, 7) is 1.39. The second kappa shape index (κ2) is 4.98. The highest BCUT2D eigenvalue weighted by Gasteiger charge is 2.15. The highest BCUT2D eigenvalue weighted by molar-refractivity contribution is 9.10. The van der Waals surface area contributed by atoms with Crippen LogP contribution in [0.4, 0.5) is 5.69 Å². The lowest BCUT2D eigenvalue weighted by Crippen LogP contribution is -2.38. The highest BCUT2D eigenvalue weighted by Crippen LogP contribution is 2.20. The summed E-state index contributed by atoms with van der Waals surface area (Å²) < 4.78 is 0.690. The van der Waals surface area contributed by atoms with Gasteiger partial charge in [0.1, 0.15) is 6.04 Å². The first-order valence-electron chi connectivity index (χ1n) is 4.50. The van der Waals surface area contributed by atoms with E-state index < -0.39 is 17.9 Å². The summed E-state index contributed by atoms with van der Waals surface area (Å²) in [4.78, 5) is 22.1. The summed E-state index contributed by atoms with van der Waals surface area (Å²) in [6.07, 6.45) is 0. The predicted molar refractivity (Wildman–Crippen MR) is 63.1 cm³/mol. The summed E-state index contributed by atoms with van der Waals surface area (Å²) in [6, 6.07) is 3.74. The van der Waals surface area contributed by atoms with E-state index >= 15 is 0 Å². The number of hydrogen-bond donors (Lipinski definition) is 3. The van der Waals surface area contributed by atoms with Crippen LogP contribution in [0.25, 0.3) is 0 Å². The number of hydrogen-bond acceptors (Lipinski definition) is 3. The minimum Gasteiger partial charge on any atom is -0.480 e. The molecule has 1 amide bonds. The van der Waals surface area contributed by atoms with Crippen molar-refractivity contribution < 1.29 is 14.7 Å². The van der Waals surface area contributed by atoms with E-state index in [1.54, 1.807) is 12.1 Å². The van der Waals surface area contributed by atoms with Crippen LogP contribution in [-0.2, 0) is 4.79 Å². The number of nitrogens with two attached hydrogens (primary N) is 1. The van der Waals surface area contributed by atoms with Crippen LogP contribution in [0.1, 0.15) is 17.3 Å². The second-order valence-electron chi connectivity index (χ2n) is 3.27. The molecule has 1 atom stereocenters. The Balaban J connectivity index is 2.81. The number of amides is 1. The van der Waals surface area contributed by atoms with Crippen molar-refractivity contribution in [3.05, 3.63) is 28.2 Å². The maximum Gasteiger partial charge on any atom is 0.325 e. The van der Waals surface area contributed by atoms with Gasteiger partial charge in [-0.05, 0) is 41.1 Å². The van der Waals surface area contributed by atoms with Crippen molar-refractivity contribution in [3.8, 4) is 0 Å². The largest absolute Gasteiger partial charge is 0.480 e. The number of rotatable bonds is 3. The van der Waals surface area contributed by atoms with E-state index in [4.69, 9.17) is 10.8 Å². The van der Waals surface area contributed by atoms with E-state index in [0.717, 1.165) is 0 Å². The zero-order valence-corrected chi connectivity index (χ0v) is 10.1. The van der Waals surface area contributed by atoms with Gasteiger partial charge in [-0.2, -0.15) is 0 Å². The van der Waals surface area contributed by atoms with Crippen molar-refractivity contribution in [3.63, 3.8) is 0 Å². The van der Waals surface area contributed by atoms with Crippen molar-refractivity contribution in [1.82, 2.24) is 5.32 Å². The number of carboxylic acids is 1. The number of nitrogens with one attached hydrogen (secondary N) is 1. The fourth-order valence-electron chi connectivity index (χ4n) is 1.03. The van der Waals surface area contributed by atoms with Gasteiger partial charge in [0.2, 0.25) is 0 Å². The maximum absolute atomic E-state index is 11.6. The first kappa shape index (κ1) is 12.5. The molecular formula is C10H11BrN2O3. The maximum atomic E-state index is 11.6. The Morgan fingerprint density at radius 2 is 2.12 bits per heavy atom. The quantitative estimate of drug-likeness (QED) is 0.729. The van der Waals surface area contributed by atoms with Crippen LogP contribution >= 0.6 is 15.9 Å². The lowest BCUT2D eigenvalue weighted by Gasteiger charge is -2.09. The Hall–Kier alpha value is -1.56. The molecule has 16 heavy (non-hydrogen) atoms. The van der Waals surface area contributed by atoms with Gasteiger partial charge in [0.05, 0.1) is 0 Å². The number of benzene rings is 1. The summed E-state index contributed by atoms with van der Waals surface area (Å²) in [5.74, 6) is -1.55. The smallest absolute Gasteiger partial charge is 0.325 e. The minimum absolute atomic E-state index is 0.328. The molecule has 0 spiro atoms. The van der Waals surface area contributed by atoms with Gasteiger partial charge < -0.3 is 16.2 Å². The molecule has 0 aromatic heterocycles. The van der Waals surface area contributed by atoms with Gasteiger partial charge in [-0.15, -0.1) is 0 Å². The predicted octanol–water partition coefficient (Wildman–Crippen LogP) is 1.23. The van der Waals surface area contributed by atoms with Crippen LogP contribution in [0.3, 0.4) is 0 Å². The average Bonchev–Trinajstić information content (AvgIpc) is 2.21. The number of halogens is 1. The number of carbonyl (C=O) groups is 2. The first-order chi connectivity index (χ1) is 7.41. The fourth-order valence-corrected chi connectivity index (χ4v) is 1.27. The van der Waals surface area contributed by atoms with E-state index in [-0.39, 0.29) is 0 Å². The zero-order valence-electron chi connectivity index (χ0n) is 8.53. The minimum atomic E-state index is -1.08. The molecule has 0 aliphatic carbocycles. The Labute approximate surface area is 101 Å². The van der Waals surface area contributed by atoms with Crippen LogP contribution in [0.2, 0.25) is 0 Å². The Morgan fingerprint density at radius 3 is 2.62 bits per heavy atom. The zero-order chi connectivity index (χ0) is 12.3. The number of carbonyl (C=O) groups excluding carboxylic acids is 1. The topological polar surface area (TPSA) is 92.4 Å². The average molecular weight is 287 g/mol. The number of aliphatic carboxylic acids is 1. The molecule has 6 heteroatoms. The van der Waals surface area contributed by atoms with E-state index in [1.165, 1.54) is 13.0 Å². The third kappa shape index (κ3) is 2.96. The molecule has 1 rings (SSSR count). The SMILES string of the molecule is C[C@H](NC(=O)c1ccc(Br)c(N)c1)C(=O)O. The van der Waals surface area contributed by atoms with Crippen molar-refractivity contribution in [2.75, 3.05) is 5.73 Å². The molecule has 4 N–H and O–H groups in total. The van der Waals surface area contributed by atoms with E-state index in [1.807, 2.05) is 0 Å². The molecule has 0 radical (unpaired) electrons. The fraction of sp³-hybridized carbons (Fsp3) is 0.200. The molecule has 0 fully saturated rings. The normalized spacial score (nSPS) is 11.9. The molecule has 5 nitrogen and oxygen atoms in total. The van der Waals surface area contributed by atoms with Crippen molar-refractivity contribution in [2.45, 2.75) is 13.0 Å². The summed E-state index contributed by atoms with van der Waals surface area (Å²) >= 11 is 3.20. The monoisotopic (exact) mass is 286 g/mol. The Bertz CT molecular complexity index is 434. The molecule has 0 heterocycles. The second-order valence-corrected chi connectivity index (χ2v) is 4.12. The third-order valence-electron chi connectivity index (χ3n) is 1.98. The van der Waals surface area contributed by atoms with E-state index in [9.17, 15) is 9.59 Å². The molecular weight excluding hydrogens is 276 g/mol. The van der Waals surface area contributed by atoms with Gasteiger partial charge in [0.25, 0.3) is 5.91 Å². The lowest BCUT2D eigenvalue weighted by molar-refractivity contribution is -0.138. The van der Waals surface area contributed by atoms with Crippen LogP contribution in [0.15, 0.2) is 22.7 Å². The molecule has 0 saturated heterocycles. The molecule has 0 unspecified atom stereocenters. The van der Waals surface area contributed by atoms with Crippen molar-refractivity contribution >= 4 is 33.5 Å². The van der Waals surface area contributed by atoms with Gasteiger partial charge in [-0.1, -0.05) is 0 Å². The molecule has 1 aromatic carbocycles. The number of anilines is 1. The van der Waals surface area contributed by atoms with E-state index in [2.05, 4.69) is 21.2 Å². The van der Waals surface area contributed by atoms with Crippen molar-refractivity contribution in [1.29, 1.82) is 0 Å². The van der Waals surface area contributed by atoms with Gasteiger partial charge in [0, 0.05) is 15.7 Å². The molecule has 86 valence electrons. The van der Waals surface area contributed by atoms with Gasteiger partial charge in [-0.3, -0.25) is 9.59 Å². The molecule has 0 aliphatic rings. The van der Waals surface area contributed by atoms with Crippen LogP contribution in [-0.4, -0.2) is 23.0 Å². The highest BCUT2D eigenvalue weighted by atomic mass is 79.9. The van der Waals surface area contributed by atoms with Crippen molar-refractivity contribution in [2.24, 2.45) is 0 Å². The Kier molecular flexibility index (Phi) is 3.89. The Morgan fingerprint density at radius 1 is 1.50 bits per heavy atom. The van der Waals surface area contributed by atoms with Gasteiger partial charge >= 0.3 is 5.97 Å². The number of carboxylic acid groups (broad SMARTS) is 1. The summed E-state index contributed by atoms with van der Waals surface area (Å²) in [5, 5.41) is 11.0. The van der Waals surface area contributed by atoms with Crippen LogP contribution in [0.5, 0.6) is 0 Å². The summed E-state index contributed by atoms with van der Waals surface area (Å²) in [5.41, 5.74) is 6.36. The molecule has 0 bridgehead atoms. The first-order valence-corrected chi connectivity index (χ1v) is 5.30. The molecule has 0 aliphatic heterocycles. The van der Waals surface area contributed by atoms with Gasteiger partial charge in [0.15, 0.2) is 0 Å². The lowest BCUT2D eigenvalue weighted by atomic mass is 10.2. The summed E-state index contributed by atoms with van der Waals surface area (Å²) in [7, 11) is 0. The third-order valence-corrected chi connectivity index (χ3v) is 2.70.